The van der Waals surface area contributed by atoms with Crippen LogP contribution in [-0.2, 0) is 0 Å². The maximum Gasteiger partial charge on any atom is 0.290 e. The minimum Gasteiger partial charge on any atom is -0.396 e. The summed E-state index contributed by atoms with van der Waals surface area (Å²) in [6.07, 6.45) is 1.49. The summed E-state index contributed by atoms with van der Waals surface area (Å²) >= 11 is 0. The molecule has 1 aromatic rings. The highest BCUT2D eigenvalue weighted by Gasteiger charge is 2.20. The lowest BCUT2D eigenvalue weighted by Gasteiger charge is -2.20. The number of aromatic nitrogens is 1. The van der Waals surface area contributed by atoms with Crippen molar-refractivity contribution in [2.24, 2.45) is 5.92 Å². The van der Waals surface area contributed by atoms with E-state index in [1.54, 1.807) is 6.07 Å². The molecule has 1 amide bonds. The first-order valence-electron chi connectivity index (χ1n) is 6.87. The molecule has 0 radical (unpaired) electrons. The van der Waals surface area contributed by atoms with Gasteiger partial charge in [0.15, 0.2) is 0 Å². The number of hydrogen-bond donors (Lipinski definition) is 2. The van der Waals surface area contributed by atoms with E-state index in [2.05, 4.69) is 17.4 Å². The number of nitrogens with one attached hydrogen (secondary N) is 1. The minimum absolute atomic E-state index is 0.0532. The standard InChI is InChI=1S/C14H24N2O3/c1-5-10(4)12-8-13(19-16-12)14(18)15-11(6-7-17)9(2)3/h8-11,17H,5-7H2,1-4H3,(H,15,18). The first-order chi connectivity index (χ1) is 8.99. The Balaban J connectivity index is 2.69. The number of aliphatic hydroxyl groups excluding tert-OH is 1. The zero-order chi connectivity index (χ0) is 14.4. The summed E-state index contributed by atoms with van der Waals surface area (Å²) in [6.45, 7) is 8.17. The molecule has 0 saturated heterocycles. The number of carbonyl (C=O) groups excluding carboxylic acids is 1. The molecule has 0 spiro atoms. The van der Waals surface area contributed by atoms with Crippen LogP contribution in [0.4, 0.5) is 0 Å². The number of rotatable bonds is 7. The smallest absolute Gasteiger partial charge is 0.290 e. The highest BCUT2D eigenvalue weighted by molar-refractivity contribution is 5.91. The molecule has 5 nitrogen and oxygen atoms in total. The Morgan fingerprint density at radius 2 is 2.16 bits per heavy atom. The Bertz CT molecular complexity index is 401. The lowest BCUT2D eigenvalue weighted by Crippen LogP contribution is -2.39. The summed E-state index contributed by atoms with van der Waals surface area (Å²) in [4.78, 5) is 12.0. The van der Waals surface area contributed by atoms with Crippen LogP contribution in [0, 0.1) is 5.92 Å². The Kier molecular flexibility index (Phi) is 6.02. The normalized spacial score (nSPS) is 14.4. The minimum atomic E-state index is -0.269. The van der Waals surface area contributed by atoms with Gasteiger partial charge >= 0.3 is 0 Å². The van der Waals surface area contributed by atoms with Crippen molar-refractivity contribution < 1.29 is 14.4 Å². The van der Waals surface area contributed by atoms with Gasteiger partial charge in [0.1, 0.15) is 0 Å². The number of aliphatic hydroxyl groups is 1. The Morgan fingerprint density at radius 3 is 2.68 bits per heavy atom. The van der Waals surface area contributed by atoms with Gasteiger partial charge in [-0.2, -0.15) is 0 Å². The van der Waals surface area contributed by atoms with Gasteiger partial charge in [0.2, 0.25) is 5.76 Å². The maximum atomic E-state index is 12.0. The summed E-state index contributed by atoms with van der Waals surface area (Å²) in [5.74, 6) is 0.504. The van der Waals surface area contributed by atoms with E-state index in [9.17, 15) is 4.79 Å². The maximum absolute atomic E-state index is 12.0. The number of nitrogens with zero attached hydrogens (tertiary/aromatic N) is 1. The first-order valence-corrected chi connectivity index (χ1v) is 6.87. The molecule has 1 rings (SSSR count). The third-order valence-corrected chi connectivity index (χ3v) is 3.43. The fourth-order valence-electron chi connectivity index (χ4n) is 1.79. The van der Waals surface area contributed by atoms with Crippen molar-refractivity contribution in [3.8, 4) is 0 Å². The van der Waals surface area contributed by atoms with Crippen LogP contribution < -0.4 is 5.32 Å². The van der Waals surface area contributed by atoms with Gasteiger partial charge in [-0.1, -0.05) is 32.9 Å². The summed E-state index contributed by atoms with van der Waals surface area (Å²) in [6, 6.07) is 1.63. The summed E-state index contributed by atoms with van der Waals surface area (Å²) < 4.78 is 5.08. The second kappa shape index (κ2) is 7.28. The van der Waals surface area contributed by atoms with Crippen molar-refractivity contribution in [2.75, 3.05) is 6.61 Å². The molecular formula is C14H24N2O3. The molecule has 0 bridgehead atoms. The zero-order valence-corrected chi connectivity index (χ0v) is 12.1. The van der Waals surface area contributed by atoms with Gasteiger partial charge in [-0.15, -0.1) is 0 Å². The first kappa shape index (κ1) is 15.7. The third-order valence-electron chi connectivity index (χ3n) is 3.43. The molecular weight excluding hydrogens is 244 g/mol. The third kappa shape index (κ3) is 4.35. The van der Waals surface area contributed by atoms with E-state index >= 15 is 0 Å². The molecule has 108 valence electrons. The monoisotopic (exact) mass is 268 g/mol. The second-order valence-corrected chi connectivity index (χ2v) is 5.26. The topological polar surface area (TPSA) is 75.4 Å². The van der Waals surface area contributed by atoms with E-state index in [-0.39, 0.29) is 36.2 Å². The van der Waals surface area contributed by atoms with Crippen molar-refractivity contribution >= 4 is 5.91 Å². The molecule has 0 saturated carbocycles. The fraction of sp³-hybridized carbons (Fsp3) is 0.714. The SMILES string of the molecule is CCC(C)c1cc(C(=O)NC(CCO)C(C)C)on1. The number of carbonyl (C=O) groups is 1. The molecule has 0 fully saturated rings. The van der Waals surface area contributed by atoms with Crippen LogP contribution in [0.5, 0.6) is 0 Å². The molecule has 0 aromatic carbocycles. The van der Waals surface area contributed by atoms with Crippen LogP contribution in [-0.4, -0.2) is 28.8 Å². The van der Waals surface area contributed by atoms with Crippen LogP contribution in [0.3, 0.4) is 0 Å². The van der Waals surface area contributed by atoms with E-state index in [4.69, 9.17) is 9.63 Å². The zero-order valence-electron chi connectivity index (χ0n) is 12.1. The van der Waals surface area contributed by atoms with Crippen molar-refractivity contribution in [3.63, 3.8) is 0 Å². The van der Waals surface area contributed by atoms with Crippen LogP contribution >= 0.6 is 0 Å². The predicted molar refractivity (Wildman–Crippen MR) is 73.0 cm³/mol. The van der Waals surface area contributed by atoms with E-state index in [1.807, 2.05) is 20.8 Å². The predicted octanol–water partition coefficient (Wildman–Crippen LogP) is 2.32. The highest BCUT2D eigenvalue weighted by atomic mass is 16.5. The average molecular weight is 268 g/mol. The highest BCUT2D eigenvalue weighted by Crippen LogP contribution is 2.18. The second-order valence-electron chi connectivity index (χ2n) is 5.26. The number of amides is 1. The summed E-state index contributed by atoms with van der Waals surface area (Å²) in [5, 5.41) is 15.8. The largest absolute Gasteiger partial charge is 0.396 e. The summed E-state index contributed by atoms with van der Waals surface area (Å²) in [5.41, 5.74) is 0.802. The molecule has 2 N–H and O–H groups in total. The molecule has 1 aromatic heterocycles. The van der Waals surface area contributed by atoms with Gasteiger partial charge in [0, 0.05) is 24.6 Å². The van der Waals surface area contributed by atoms with Crippen molar-refractivity contribution in [3.05, 3.63) is 17.5 Å². The quantitative estimate of drug-likeness (QED) is 0.795. The van der Waals surface area contributed by atoms with Crippen LogP contribution in [0.1, 0.15) is 62.7 Å². The van der Waals surface area contributed by atoms with E-state index in [0.29, 0.717) is 6.42 Å². The molecule has 0 aliphatic carbocycles. The van der Waals surface area contributed by atoms with Crippen molar-refractivity contribution in [1.82, 2.24) is 10.5 Å². The van der Waals surface area contributed by atoms with Crippen LogP contribution in [0.15, 0.2) is 10.6 Å². The van der Waals surface area contributed by atoms with Crippen molar-refractivity contribution in [2.45, 2.75) is 52.5 Å². The average Bonchev–Trinajstić information content (AvgIpc) is 2.86. The van der Waals surface area contributed by atoms with Gasteiger partial charge in [0.25, 0.3) is 5.91 Å². The van der Waals surface area contributed by atoms with Gasteiger partial charge in [-0.3, -0.25) is 4.79 Å². The van der Waals surface area contributed by atoms with Gasteiger partial charge < -0.3 is 14.9 Å². The molecule has 0 aliphatic rings. The number of hydrogen-bond acceptors (Lipinski definition) is 4. The van der Waals surface area contributed by atoms with E-state index in [0.717, 1.165) is 12.1 Å². The molecule has 0 aliphatic heterocycles. The molecule has 1 heterocycles. The molecule has 19 heavy (non-hydrogen) atoms. The Hall–Kier alpha value is -1.36. The molecule has 2 atom stereocenters. The lowest BCUT2D eigenvalue weighted by molar-refractivity contribution is 0.0879. The van der Waals surface area contributed by atoms with Crippen LogP contribution in [0.25, 0.3) is 0 Å². The van der Waals surface area contributed by atoms with Crippen molar-refractivity contribution in [1.29, 1.82) is 0 Å². The van der Waals surface area contributed by atoms with Gasteiger partial charge in [-0.25, -0.2) is 0 Å². The fourth-order valence-corrected chi connectivity index (χ4v) is 1.79. The summed E-state index contributed by atoms with van der Waals surface area (Å²) in [7, 11) is 0. The Morgan fingerprint density at radius 1 is 1.47 bits per heavy atom. The molecule has 2 unspecified atom stereocenters. The Labute approximate surface area is 114 Å². The lowest BCUT2D eigenvalue weighted by atomic mass is 10.0. The van der Waals surface area contributed by atoms with E-state index in [1.165, 1.54) is 0 Å². The molecule has 5 heteroatoms. The van der Waals surface area contributed by atoms with Crippen LogP contribution in [0.2, 0.25) is 0 Å². The van der Waals surface area contributed by atoms with Gasteiger partial charge in [0.05, 0.1) is 5.69 Å². The van der Waals surface area contributed by atoms with Gasteiger partial charge in [-0.05, 0) is 18.8 Å². The van der Waals surface area contributed by atoms with E-state index < -0.39 is 0 Å².